The highest BCUT2D eigenvalue weighted by Crippen LogP contribution is 2.28. The summed E-state index contributed by atoms with van der Waals surface area (Å²) < 4.78 is 1.20. The molecule has 0 radical (unpaired) electrons. The molecule has 1 aliphatic rings. The molecule has 0 saturated carbocycles. The van der Waals surface area contributed by atoms with Gasteiger partial charge in [-0.15, -0.1) is 0 Å². The molecule has 1 atom stereocenters. The molecule has 1 aliphatic heterocycles. The van der Waals surface area contributed by atoms with Gasteiger partial charge >= 0.3 is 0 Å². The third-order valence-corrected chi connectivity index (χ3v) is 4.45. The van der Waals surface area contributed by atoms with Crippen molar-refractivity contribution in [1.29, 1.82) is 0 Å². The molecule has 1 saturated heterocycles. The van der Waals surface area contributed by atoms with E-state index < -0.39 is 0 Å². The van der Waals surface area contributed by atoms with E-state index in [-0.39, 0.29) is 0 Å². The SMILES string of the molecule is Cc1c(Br)cccc1N1CCNC(C(C)C)C1. The first-order valence-corrected chi connectivity index (χ1v) is 7.12. The van der Waals surface area contributed by atoms with Crippen molar-refractivity contribution in [2.24, 2.45) is 5.92 Å². The Morgan fingerprint density at radius 2 is 2.18 bits per heavy atom. The van der Waals surface area contributed by atoms with Crippen molar-refractivity contribution in [1.82, 2.24) is 5.32 Å². The third kappa shape index (κ3) is 2.83. The van der Waals surface area contributed by atoms with Crippen LogP contribution in [0.25, 0.3) is 0 Å². The normalized spacial score (nSPS) is 21.0. The highest BCUT2D eigenvalue weighted by molar-refractivity contribution is 9.10. The monoisotopic (exact) mass is 296 g/mol. The molecule has 0 bridgehead atoms. The summed E-state index contributed by atoms with van der Waals surface area (Å²) in [5.41, 5.74) is 2.71. The molecule has 3 heteroatoms. The van der Waals surface area contributed by atoms with Crippen LogP contribution in [0, 0.1) is 12.8 Å². The van der Waals surface area contributed by atoms with Crippen LogP contribution in [0.4, 0.5) is 5.69 Å². The standard InChI is InChI=1S/C14H21BrN2/c1-10(2)13-9-17(8-7-16-13)14-6-4-5-12(15)11(14)3/h4-6,10,13,16H,7-9H2,1-3H3. The van der Waals surface area contributed by atoms with Gasteiger partial charge in [0.1, 0.15) is 0 Å². The zero-order valence-electron chi connectivity index (χ0n) is 10.8. The highest BCUT2D eigenvalue weighted by atomic mass is 79.9. The topological polar surface area (TPSA) is 15.3 Å². The highest BCUT2D eigenvalue weighted by Gasteiger charge is 2.22. The summed E-state index contributed by atoms with van der Waals surface area (Å²) in [6.07, 6.45) is 0. The molecular weight excluding hydrogens is 276 g/mol. The van der Waals surface area contributed by atoms with Crippen LogP contribution in [-0.2, 0) is 0 Å². The molecule has 1 aromatic rings. The number of piperazine rings is 1. The molecule has 0 aliphatic carbocycles. The molecule has 1 unspecified atom stereocenters. The number of nitrogens with zero attached hydrogens (tertiary/aromatic N) is 1. The molecule has 1 fully saturated rings. The molecule has 1 heterocycles. The van der Waals surface area contributed by atoms with E-state index in [1.54, 1.807) is 0 Å². The van der Waals surface area contributed by atoms with Crippen LogP contribution >= 0.6 is 15.9 Å². The summed E-state index contributed by atoms with van der Waals surface area (Å²) in [7, 11) is 0. The fourth-order valence-corrected chi connectivity index (χ4v) is 2.74. The lowest BCUT2D eigenvalue weighted by Gasteiger charge is -2.38. The van der Waals surface area contributed by atoms with Gasteiger partial charge in [0.25, 0.3) is 0 Å². The number of nitrogens with one attached hydrogen (secondary N) is 1. The summed E-state index contributed by atoms with van der Waals surface area (Å²) in [6.45, 7) is 10.0. The molecule has 2 rings (SSSR count). The Kier molecular flexibility index (Phi) is 4.10. The Bertz CT molecular complexity index is 390. The first-order chi connectivity index (χ1) is 8.09. The molecule has 94 valence electrons. The van der Waals surface area contributed by atoms with Crippen LogP contribution in [0.5, 0.6) is 0 Å². The number of anilines is 1. The largest absolute Gasteiger partial charge is 0.368 e. The van der Waals surface area contributed by atoms with Gasteiger partial charge in [-0.05, 0) is 30.5 Å². The van der Waals surface area contributed by atoms with Crippen LogP contribution < -0.4 is 10.2 Å². The number of halogens is 1. The second kappa shape index (κ2) is 5.40. The summed E-state index contributed by atoms with van der Waals surface area (Å²) in [5, 5.41) is 3.60. The zero-order chi connectivity index (χ0) is 12.4. The predicted molar refractivity (Wildman–Crippen MR) is 77.7 cm³/mol. The minimum absolute atomic E-state index is 0.599. The average Bonchev–Trinajstić information content (AvgIpc) is 2.33. The summed E-state index contributed by atoms with van der Waals surface area (Å²) in [5.74, 6) is 0.685. The summed E-state index contributed by atoms with van der Waals surface area (Å²) in [4.78, 5) is 2.50. The molecule has 0 spiro atoms. The minimum Gasteiger partial charge on any atom is -0.368 e. The van der Waals surface area contributed by atoms with Gasteiger partial charge in [0.15, 0.2) is 0 Å². The second-order valence-corrected chi connectivity index (χ2v) is 5.99. The van der Waals surface area contributed by atoms with Crippen molar-refractivity contribution in [3.05, 3.63) is 28.2 Å². The van der Waals surface area contributed by atoms with Crippen molar-refractivity contribution in [3.63, 3.8) is 0 Å². The smallest absolute Gasteiger partial charge is 0.0408 e. The maximum absolute atomic E-state index is 3.61. The van der Waals surface area contributed by atoms with Gasteiger partial charge in [0.2, 0.25) is 0 Å². The molecule has 2 nitrogen and oxygen atoms in total. The Labute approximate surface area is 113 Å². The quantitative estimate of drug-likeness (QED) is 0.902. The molecule has 0 amide bonds. The van der Waals surface area contributed by atoms with Gasteiger partial charge in [-0.3, -0.25) is 0 Å². The summed E-state index contributed by atoms with van der Waals surface area (Å²) in [6, 6.07) is 7.06. The van der Waals surface area contributed by atoms with Gasteiger partial charge < -0.3 is 10.2 Å². The van der Waals surface area contributed by atoms with Gasteiger partial charge in [-0.25, -0.2) is 0 Å². The Morgan fingerprint density at radius 1 is 1.41 bits per heavy atom. The lowest BCUT2D eigenvalue weighted by Crippen LogP contribution is -2.53. The first kappa shape index (κ1) is 12.9. The van der Waals surface area contributed by atoms with E-state index in [1.807, 2.05) is 0 Å². The first-order valence-electron chi connectivity index (χ1n) is 6.33. The van der Waals surface area contributed by atoms with Crippen molar-refractivity contribution in [2.75, 3.05) is 24.5 Å². The van der Waals surface area contributed by atoms with E-state index in [0.29, 0.717) is 12.0 Å². The molecule has 17 heavy (non-hydrogen) atoms. The van der Waals surface area contributed by atoms with Crippen LogP contribution in [-0.4, -0.2) is 25.7 Å². The van der Waals surface area contributed by atoms with Crippen molar-refractivity contribution >= 4 is 21.6 Å². The number of rotatable bonds is 2. The maximum atomic E-state index is 3.61. The lowest BCUT2D eigenvalue weighted by atomic mass is 10.0. The molecule has 1 N–H and O–H groups in total. The molecule has 0 aromatic heterocycles. The zero-order valence-corrected chi connectivity index (χ0v) is 12.4. The fraction of sp³-hybridized carbons (Fsp3) is 0.571. The van der Waals surface area contributed by atoms with Crippen LogP contribution in [0.2, 0.25) is 0 Å². The van der Waals surface area contributed by atoms with Crippen LogP contribution in [0.3, 0.4) is 0 Å². The Morgan fingerprint density at radius 3 is 2.88 bits per heavy atom. The fourth-order valence-electron chi connectivity index (χ4n) is 2.38. The van der Waals surface area contributed by atoms with Gasteiger partial charge in [-0.2, -0.15) is 0 Å². The maximum Gasteiger partial charge on any atom is 0.0408 e. The van der Waals surface area contributed by atoms with E-state index in [0.717, 1.165) is 19.6 Å². The Hall–Kier alpha value is -0.540. The van der Waals surface area contributed by atoms with E-state index in [4.69, 9.17) is 0 Å². The molecule has 1 aromatic carbocycles. The van der Waals surface area contributed by atoms with Crippen molar-refractivity contribution < 1.29 is 0 Å². The van der Waals surface area contributed by atoms with Gasteiger partial charge in [-0.1, -0.05) is 35.8 Å². The van der Waals surface area contributed by atoms with E-state index in [2.05, 4.69) is 65.1 Å². The van der Waals surface area contributed by atoms with E-state index >= 15 is 0 Å². The number of hydrogen-bond acceptors (Lipinski definition) is 2. The van der Waals surface area contributed by atoms with Crippen LogP contribution in [0.1, 0.15) is 19.4 Å². The molecular formula is C14H21BrN2. The van der Waals surface area contributed by atoms with E-state index in [9.17, 15) is 0 Å². The van der Waals surface area contributed by atoms with Gasteiger partial charge in [0.05, 0.1) is 0 Å². The average molecular weight is 297 g/mol. The van der Waals surface area contributed by atoms with Crippen molar-refractivity contribution in [2.45, 2.75) is 26.8 Å². The van der Waals surface area contributed by atoms with Gasteiger partial charge in [0, 0.05) is 35.8 Å². The Balaban J connectivity index is 2.19. The second-order valence-electron chi connectivity index (χ2n) is 5.13. The number of hydrogen-bond donors (Lipinski definition) is 1. The minimum atomic E-state index is 0.599. The number of benzene rings is 1. The summed E-state index contributed by atoms with van der Waals surface area (Å²) >= 11 is 3.61. The third-order valence-electron chi connectivity index (χ3n) is 3.59. The van der Waals surface area contributed by atoms with Crippen LogP contribution in [0.15, 0.2) is 22.7 Å². The lowest BCUT2D eigenvalue weighted by molar-refractivity contribution is 0.368. The van der Waals surface area contributed by atoms with E-state index in [1.165, 1.54) is 15.7 Å². The predicted octanol–water partition coefficient (Wildman–Crippen LogP) is 3.19. The van der Waals surface area contributed by atoms with Crippen molar-refractivity contribution in [3.8, 4) is 0 Å².